The summed E-state index contributed by atoms with van der Waals surface area (Å²) in [5.41, 5.74) is 0.167. The van der Waals surface area contributed by atoms with E-state index in [9.17, 15) is 9.90 Å². The quantitative estimate of drug-likeness (QED) is 0.749. The van der Waals surface area contributed by atoms with Gasteiger partial charge in [-0.3, -0.25) is 0 Å². The van der Waals surface area contributed by atoms with Gasteiger partial charge < -0.3 is 15.7 Å². The summed E-state index contributed by atoms with van der Waals surface area (Å²) < 4.78 is 0. The highest BCUT2D eigenvalue weighted by Crippen LogP contribution is 2.11. The zero-order valence-corrected chi connectivity index (χ0v) is 12.5. The Balaban J connectivity index is 2.39. The highest BCUT2D eigenvalue weighted by molar-refractivity contribution is 7.98. The smallest absolute Gasteiger partial charge is 0.315 e. The van der Waals surface area contributed by atoms with Crippen LogP contribution in [0.5, 0.6) is 0 Å². The molecule has 4 nitrogen and oxygen atoms in total. The number of amides is 2. The van der Waals surface area contributed by atoms with Crippen molar-refractivity contribution in [1.29, 1.82) is 0 Å². The van der Waals surface area contributed by atoms with E-state index < -0.39 is 5.60 Å². The predicted molar refractivity (Wildman–Crippen MR) is 80.4 cm³/mol. The van der Waals surface area contributed by atoms with E-state index >= 15 is 0 Å². The fraction of sp³-hybridized carbons (Fsp3) is 0.500. The molecule has 0 aliphatic carbocycles. The van der Waals surface area contributed by atoms with Crippen LogP contribution >= 0.6 is 11.8 Å². The van der Waals surface area contributed by atoms with Crippen LogP contribution in [0.2, 0.25) is 0 Å². The first-order valence-corrected chi connectivity index (χ1v) is 7.64. The zero-order valence-electron chi connectivity index (χ0n) is 11.6. The van der Waals surface area contributed by atoms with Crippen molar-refractivity contribution in [2.24, 2.45) is 0 Å². The standard InChI is InChI=1S/C14H22N2O2S/c1-11(12-7-5-4-6-8-12)16-13(17)15-9-14(2,18)10-19-3/h4-8,11,18H,9-10H2,1-3H3,(H2,15,16,17). The average molecular weight is 282 g/mol. The molecule has 0 aliphatic heterocycles. The van der Waals surface area contributed by atoms with Crippen LogP contribution in [0.1, 0.15) is 25.5 Å². The SMILES string of the molecule is CSCC(C)(O)CNC(=O)NC(C)c1ccccc1. The Kier molecular flexibility index (Phi) is 6.18. The number of hydrogen-bond donors (Lipinski definition) is 3. The van der Waals surface area contributed by atoms with Crippen LogP contribution < -0.4 is 10.6 Å². The third kappa shape index (κ3) is 5.98. The fourth-order valence-electron chi connectivity index (χ4n) is 1.71. The third-order valence-electron chi connectivity index (χ3n) is 2.73. The normalized spacial score (nSPS) is 15.4. The van der Waals surface area contributed by atoms with Crippen molar-refractivity contribution in [2.45, 2.75) is 25.5 Å². The summed E-state index contributed by atoms with van der Waals surface area (Å²) in [6, 6.07) is 9.42. The lowest BCUT2D eigenvalue weighted by Crippen LogP contribution is -2.46. The molecule has 3 N–H and O–H groups in total. The van der Waals surface area contributed by atoms with Crippen LogP contribution in [0.4, 0.5) is 4.79 Å². The van der Waals surface area contributed by atoms with Crippen molar-refractivity contribution < 1.29 is 9.90 Å². The van der Waals surface area contributed by atoms with Gasteiger partial charge in [-0.2, -0.15) is 11.8 Å². The first-order chi connectivity index (χ1) is 8.94. The van der Waals surface area contributed by atoms with Crippen molar-refractivity contribution >= 4 is 17.8 Å². The molecular weight excluding hydrogens is 260 g/mol. The molecule has 106 valence electrons. The number of thioether (sulfide) groups is 1. The molecular formula is C14H22N2O2S. The highest BCUT2D eigenvalue weighted by atomic mass is 32.2. The van der Waals surface area contributed by atoms with Crippen molar-refractivity contribution in [3.8, 4) is 0 Å². The van der Waals surface area contributed by atoms with Crippen LogP contribution in [0.3, 0.4) is 0 Å². The fourth-order valence-corrected chi connectivity index (χ4v) is 2.43. The van der Waals surface area contributed by atoms with E-state index in [0.717, 1.165) is 5.56 Å². The van der Waals surface area contributed by atoms with Gasteiger partial charge in [0.1, 0.15) is 0 Å². The second-order valence-corrected chi connectivity index (χ2v) is 5.76. The van der Waals surface area contributed by atoms with Crippen molar-refractivity contribution in [2.75, 3.05) is 18.6 Å². The van der Waals surface area contributed by atoms with Gasteiger partial charge in [0.2, 0.25) is 0 Å². The van der Waals surface area contributed by atoms with Gasteiger partial charge in [-0.1, -0.05) is 30.3 Å². The number of hydrogen-bond acceptors (Lipinski definition) is 3. The Morgan fingerprint density at radius 2 is 2.05 bits per heavy atom. The molecule has 0 aliphatic rings. The van der Waals surface area contributed by atoms with E-state index in [4.69, 9.17) is 0 Å². The number of nitrogens with one attached hydrogen (secondary N) is 2. The lowest BCUT2D eigenvalue weighted by atomic mass is 10.1. The summed E-state index contributed by atoms with van der Waals surface area (Å²) in [6.45, 7) is 3.88. The van der Waals surface area contributed by atoms with Gasteiger partial charge in [0, 0.05) is 12.3 Å². The molecule has 0 spiro atoms. The Morgan fingerprint density at radius 3 is 2.63 bits per heavy atom. The number of rotatable bonds is 6. The second-order valence-electron chi connectivity index (χ2n) is 4.89. The van der Waals surface area contributed by atoms with Crippen molar-refractivity contribution in [1.82, 2.24) is 10.6 Å². The van der Waals surface area contributed by atoms with Gasteiger partial charge in [-0.05, 0) is 25.7 Å². The predicted octanol–water partition coefficient (Wildman–Crippen LogP) is 2.16. The molecule has 0 aromatic heterocycles. The minimum Gasteiger partial charge on any atom is -0.387 e. The molecule has 2 unspecified atom stereocenters. The maximum absolute atomic E-state index is 11.7. The minimum atomic E-state index is -0.882. The molecule has 1 rings (SSSR count). The van der Waals surface area contributed by atoms with Crippen LogP contribution in [-0.4, -0.2) is 35.3 Å². The molecule has 1 aromatic carbocycles. The number of aliphatic hydroxyl groups is 1. The van der Waals surface area contributed by atoms with E-state index in [-0.39, 0.29) is 18.6 Å². The maximum atomic E-state index is 11.7. The number of benzene rings is 1. The van der Waals surface area contributed by atoms with Crippen LogP contribution in [0.15, 0.2) is 30.3 Å². The Labute approximate surface area is 119 Å². The summed E-state index contributed by atoms with van der Waals surface area (Å²) >= 11 is 1.55. The van der Waals surface area contributed by atoms with Crippen molar-refractivity contribution in [3.05, 3.63) is 35.9 Å². The molecule has 19 heavy (non-hydrogen) atoms. The monoisotopic (exact) mass is 282 g/mol. The van der Waals surface area contributed by atoms with Gasteiger partial charge >= 0.3 is 6.03 Å². The van der Waals surface area contributed by atoms with E-state index in [1.54, 1.807) is 18.7 Å². The van der Waals surface area contributed by atoms with Crippen LogP contribution in [-0.2, 0) is 0 Å². The molecule has 0 saturated heterocycles. The molecule has 0 heterocycles. The maximum Gasteiger partial charge on any atom is 0.315 e. The van der Waals surface area contributed by atoms with E-state index in [1.807, 2.05) is 43.5 Å². The lowest BCUT2D eigenvalue weighted by molar-refractivity contribution is 0.0868. The van der Waals surface area contributed by atoms with Crippen molar-refractivity contribution in [3.63, 3.8) is 0 Å². The summed E-state index contributed by atoms with van der Waals surface area (Å²) in [5, 5.41) is 15.5. The molecule has 5 heteroatoms. The number of urea groups is 1. The van der Waals surface area contributed by atoms with E-state index in [1.165, 1.54) is 0 Å². The first-order valence-electron chi connectivity index (χ1n) is 6.25. The van der Waals surface area contributed by atoms with Crippen LogP contribution in [0.25, 0.3) is 0 Å². The third-order valence-corrected chi connectivity index (χ3v) is 3.64. The van der Waals surface area contributed by atoms with Gasteiger partial charge in [0.25, 0.3) is 0 Å². The average Bonchev–Trinajstić information content (AvgIpc) is 2.37. The van der Waals surface area contributed by atoms with Gasteiger partial charge in [-0.15, -0.1) is 0 Å². The second kappa shape index (κ2) is 7.40. The number of carbonyl (C=O) groups excluding carboxylic acids is 1. The van der Waals surface area contributed by atoms with E-state index in [2.05, 4.69) is 10.6 Å². The van der Waals surface area contributed by atoms with Crippen LogP contribution in [0, 0.1) is 0 Å². The first kappa shape index (κ1) is 15.9. The molecule has 2 atom stereocenters. The summed E-state index contributed by atoms with van der Waals surface area (Å²) in [6.07, 6.45) is 1.92. The summed E-state index contributed by atoms with van der Waals surface area (Å²) in [4.78, 5) is 11.7. The summed E-state index contributed by atoms with van der Waals surface area (Å²) in [5.74, 6) is 0.585. The Bertz CT molecular complexity index is 396. The highest BCUT2D eigenvalue weighted by Gasteiger charge is 2.20. The molecule has 1 aromatic rings. The minimum absolute atomic E-state index is 0.0632. The van der Waals surface area contributed by atoms with Gasteiger partial charge in [0.05, 0.1) is 11.6 Å². The summed E-state index contributed by atoms with van der Waals surface area (Å²) in [7, 11) is 0. The largest absolute Gasteiger partial charge is 0.387 e. The number of carbonyl (C=O) groups is 1. The molecule has 0 fully saturated rings. The molecule has 0 saturated carbocycles. The zero-order chi connectivity index (χ0) is 14.3. The molecule has 0 radical (unpaired) electrons. The Morgan fingerprint density at radius 1 is 1.42 bits per heavy atom. The van der Waals surface area contributed by atoms with Gasteiger partial charge in [-0.25, -0.2) is 4.79 Å². The Hall–Kier alpha value is -1.20. The topological polar surface area (TPSA) is 61.4 Å². The van der Waals surface area contributed by atoms with E-state index in [0.29, 0.717) is 5.75 Å². The lowest BCUT2D eigenvalue weighted by Gasteiger charge is -2.23. The van der Waals surface area contributed by atoms with Gasteiger partial charge in [0.15, 0.2) is 0 Å². The molecule has 2 amide bonds. The molecule has 0 bridgehead atoms.